The van der Waals surface area contributed by atoms with Crippen molar-refractivity contribution in [2.24, 2.45) is 0 Å². The molecule has 1 N–H and O–H groups in total. The van der Waals surface area contributed by atoms with Gasteiger partial charge in [-0.2, -0.15) is 0 Å². The maximum Gasteiger partial charge on any atom is 0.304 e. The molecule has 0 aromatic carbocycles. The van der Waals surface area contributed by atoms with Crippen LogP contribution >= 0.6 is 0 Å². The monoisotopic (exact) mass is 170 g/mol. The van der Waals surface area contributed by atoms with E-state index < -0.39 is 11.2 Å². The molecule has 0 atom stereocenters. The van der Waals surface area contributed by atoms with Crippen LogP contribution in [0.1, 0.15) is 34.6 Å². The van der Waals surface area contributed by atoms with Crippen LogP contribution in [0.15, 0.2) is 12.1 Å². The lowest BCUT2D eigenvalue weighted by molar-refractivity contribution is -0.0896. The van der Waals surface area contributed by atoms with Gasteiger partial charge in [-0.1, -0.05) is 12.4 Å². The summed E-state index contributed by atoms with van der Waals surface area (Å²) in [5, 5.41) is 9.70. The van der Waals surface area contributed by atoms with Crippen LogP contribution < -0.4 is 0 Å². The third-order valence-corrected chi connectivity index (χ3v) is 2.15. The maximum absolute atomic E-state index is 9.70. The van der Waals surface area contributed by atoms with Gasteiger partial charge < -0.3 is 9.76 Å². The zero-order chi connectivity index (χ0) is 9.99. The summed E-state index contributed by atoms with van der Waals surface area (Å²) in [6.07, 6.45) is 0. The van der Waals surface area contributed by atoms with Crippen molar-refractivity contribution in [3.63, 3.8) is 0 Å². The molecule has 0 aliphatic heterocycles. The van der Waals surface area contributed by atoms with Crippen LogP contribution in [0.2, 0.25) is 0 Å². The summed E-state index contributed by atoms with van der Waals surface area (Å²) in [5.74, 6) is 0. The number of rotatable bonds is 4. The van der Waals surface area contributed by atoms with E-state index in [4.69, 9.17) is 4.65 Å². The number of aliphatic hydroxyl groups is 1. The van der Waals surface area contributed by atoms with Crippen molar-refractivity contribution >= 4 is 7.48 Å². The van der Waals surface area contributed by atoms with Crippen LogP contribution in [0.5, 0.6) is 0 Å². The number of hydrogen-bond donors (Lipinski definition) is 1. The van der Waals surface area contributed by atoms with E-state index in [1.54, 1.807) is 13.8 Å². The molecule has 0 radical (unpaired) electrons. The fraction of sp³-hybridized carbons (Fsp3) is 0.778. The standard InChI is InChI=1S/C9H19BO2/c1-7(2)10-12-9(5,6)8(3,4)11/h10-11H,1H2,2-6H3. The summed E-state index contributed by atoms with van der Waals surface area (Å²) in [4.78, 5) is 0. The summed E-state index contributed by atoms with van der Waals surface area (Å²) in [6.45, 7) is 12.9. The first-order valence-corrected chi connectivity index (χ1v) is 4.17. The highest BCUT2D eigenvalue weighted by Crippen LogP contribution is 2.24. The Kier molecular flexibility index (Phi) is 3.54. The normalized spacial score (nSPS) is 12.8. The summed E-state index contributed by atoms with van der Waals surface area (Å²) < 4.78 is 5.51. The van der Waals surface area contributed by atoms with E-state index in [2.05, 4.69) is 6.58 Å². The molecule has 0 saturated heterocycles. The largest absolute Gasteiger partial charge is 0.427 e. The van der Waals surface area contributed by atoms with Gasteiger partial charge in [0.25, 0.3) is 0 Å². The molecule has 0 spiro atoms. The average Bonchev–Trinajstić information content (AvgIpc) is 1.81. The molecule has 0 fully saturated rings. The first-order valence-electron chi connectivity index (χ1n) is 4.17. The Bertz CT molecular complexity index is 168. The van der Waals surface area contributed by atoms with Gasteiger partial charge in [-0.25, -0.2) is 0 Å². The van der Waals surface area contributed by atoms with Crippen LogP contribution in [-0.4, -0.2) is 23.8 Å². The van der Waals surface area contributed by atoms with Crippen molar-refractivity contribution < 1.29 is 9.76 Å². The number of hydrogen-bond acceptors (Lipinski definition) is 2. The molecule has 2 nitrogen and oxygen atoms in total. The minimum atomic E-state index is -0.831. The van der Waals surface area contributed by atoms with Crippen molar-refractivity contribution in [2.75, 3.05) is 0 Å². The van der Waals surface area contributed by atoms with Gasteiger partial charge in [0, 0.05) is 0 Å². The first-order chi connectivity index (χ1) is 5.17. The zero-order valence-corrected chi connectivity index (χ0v) is 8.77. The highest BCUT2D eigenvalue weighted by atomic mass is 16.5. The first kappa shape index (κ1) is 11.7. The molecule has 0 saturated carbocycles. The molecule has 0 amide bonds. The lowest BCUT2D eigenvalue weighted by Gasteiger charge is -2.37. The van der Waals surface area contributed by atoms with Gasteiger partial charge in [-0.05, 0) is 27.7 Å². The van der Waals surface area contributed by atoms with Gasteiger partial charge in [0.2, 0.25) is 0 Å². The van der Waals surface area contributed by atoms with Gasteiger partial charge in [0.1, 0.15) is 0 Å². The predicted octanol–water partition coefficient (Wildman–Crippen LogP) is 1.44. The van der Waals surface area contributed by atoms with Crippen molar-refractivity contribution in [2.45, 2.75) is 45.8 Å². The van der Waals surface area contributed by atoms with Gasteiger partial charge in [-0.3, -0.25) is 0 Å². The number of allylic oxidation sites excluding steroid dienone is 1. The fourth-order valence-electron chi connectivity index (χ4n) is 0.480. The van der Waals surface area contributed by atoms with Crippen molar-refractivity contribution in [3.05, 3.63) is 12.1 Å². The van der Waals surface area contributed by atoms with E-state index in [0.717, 1.165) is 5.47 Å². The summed E-state index contributed by atoms with van der Waals surface area (Å²) in [7, 11) is 0.497. The second-order valence-electron chi connectivity index (χ2n) is 4.32. The Labute approximate surface area is 75.9 Å². The molecular weight excluding hydrogens is 151 g/mol. The summed E-state index contributed by atoms with van der Waals surface area (Å²) in [5.41, 5.74) is -0.402. The van der Waals surface area contributed by atoms with Crippen LogP contribution in [-0.2, 0) is 4.65 Å². The van der Waals surface area contributed by atoms with Gasteiger partial charge >= 0.3 is 7.48 Å². The third kappa shape index (κ3) is 3.41. The zero-order valence-electron chi connectivity index (χ0n) is 8.77. The quantitative estimate of drug-likeness (QED) is 0.646. The topological polar surface area (TPSA) is 29.5 Å². The van der Waals surface area contributed by atoms with Crippen molar-refractivity contribution in [3.8, 4) is 0 Å². The van der Waals surface area contributed by atoms with E-state index in [1.807, 2.05) is 20.8 Å². The second kappa shape index (κ2) is 3.63. The lowest BCUT2D eigenvalue weighted by Crippen LogP contribution is -2.48. The molecule has 0 unspecified atom stereocenters. The fourth-order valence-corrected chi connectivity index (χ4v) is 0.480. The molecule has 0 bridgehead atoms. The van der Waals surface area contributed by atoms with E-state index in [0.29, 0.717) is 7.48 Å². The summed E-state index contributed by atoms with van der Waals surface area (Å²) >= 11 is 0. The third-order valence-electron chi connectivity index (χ3n) is 2.15. The molecule has 0 aromatic rings. The van der Waals surface area contributed by atoms with E-state index in [-0.39, 0.29) is 0 Å². The molecule has 70 valence electrons. The van der Waals surface area contributed by atoms with Gasteiger partial charge in [-0.15, -0.1) is 6.58 Å². The Balaban J connectivity index is 4.14. The van der Waals surface area contributed by atoms with Crippen LogP contribution in [0.25, 0.3) is 0 Å². The Hall–Kier alpha value is -0.275. The molecule has 0 aliphatic carbocycles. The van der Waals surface area contributed by atoms with Crippen molar-refractivity contribution in [1.82, 2.24) is 0 Å². The Morgan fingerprint density at radius 2 is 1.75 bits per heavy atom. The van der Waals surface area contributed by atoms with Gasteiger partial charge in [0.15, 0.2) is 0 Å². The molecule has 3 heteroatoms. The SMILES string of the molecule is C=C(C)BOC(C)(C)C(C)(C)O. The molecule has 0 heterocycles. The smallest absolute Gasteiger partial charge is 0.304 e. The second-order valence-corrected chi connectivity index (χ2v) is 4.32. The lowest BCUT2D eigenvalue weighted by atomic mass is 9.84. The summed E-state index contributed by atoms with van der Waals surface area (Å²) in [6, 6.07) is 0. The molecule has 0 aromatic heterocycles. The minimum Gasteiger partial charge on any atom is -0.427 e. The molecular formula is C9H19BO2. The van der Waals surface area contributed by atoms with Crippen LogP contribution in [0.4, 0.5) is 0 Å². The van der Waals surface area contributed by atoms with E-state index >= 15 is 0 Å². The minimum absolute atomic E-state index is 0.497. The van der Waals surface area contributed by atoms with Crippen LogP contribution in [0, 0.1) is 0 Å². The Morgan fingerprint density at radius 3 is 2.00 bits per heavy atom. The highest BCUT2D eigenvalue weighted by Gasteiger charge is 2.35. The van der Waals surface area contributed by atoms with Gasteiger partial charge in [0.05, 0.1) is 11.2 Å². The van der Waals surface area contributed by atoms with Crippen LogP contribution in [0.3, 0.4) is 0 Å². The average molecular weight is 170 g/mol. The molecule has 0 rings (SSSR count). The predicted molar refractivity (Wildman–Crippen MR) is 53.4 cm³/mol. The molecule has 12 heavy (non-hydrogen) atoms. The highest BCUT2D eigenvalue weighted by molar-refractivity contribution is 6.37. The van der Waals surface area contributed by atoms with E-state index in [9.17, 15) is 5.11 Å². The van der Waals surface area contributed by atoms with E-state index in [1.165, 1.54) is 0 Å². The Morgan fingerprint density at radius 1 is 1.33 bits per heavy atom. The van der Waals surface area contributed by atoms with Crippen molar-refractivity contribution in [1.29, 1.82) is 0 Å². The maximum atomic E-state index is 9.70. The molecule has 0 aliphatic rings.